The number of hydrogen-bond donors (Lipinski definition) is 1. The molecule has 87 valence electrons. The van der Waals surface area contributed by atoms with E-state index in [1.54, 1.807) is 0 Å². The summed E-state index contributed by atoms with van der Waals surface area (Å²) in [7, 11) is 0. The van der Waals surface area contributed by atoms with Gasteiger partial charge in [0.15, 0.2) is 0 Å². The van der Waals surface area contributed by atoms with Crippen LogP contribution in [0.3, 0.4) is 0 Å². The van der Waals surface area contributed by atoms with E-state index in [1.807, 2.05) is 0 Å². The molecule has 3 heteroatoms. The van der Waals surface area contributed by atoms with Gasteiger partial charge in [-0.1, -0.05) is 0 Å². The molecular formula is C11H22CuN2. The Labute approximate surface area is 95.8 Å². The number of nitrogens with one attached hydrogen (secondary N) is 1. The van der Waals surface area contributed by atoms with Crippen molar-refractivity contribution >= 4 is 4.67 Å². The third-order valence-electron chi connectivity index (χ3n) is 2.72. The Morgan fingerprint density at radius 1 is 1.21 bits per heavy atom. The van der Waals surface area contributed by atoms with E-state index >= 15 is 0 Å². The summed E-state index contributed by atoms with van der Waals surface area (Å²) in [4.78, 5) is 2.27. The third-order valence-corrected chi connectivity index (χ3v) is 3.11. The molecule has 0 aromatic heterocycles. The zero-order chi connectivity index (χ0) is 11.1. The minimum atomic E-state index is 0.124. The number of rotatable bonds is 0. The Morgan fingerprint density at radius 3 is 1.93 bits per heavy atom. The van der Waals surface area contributed by atoms with Crippen LogP contribution < -0.4 is 5.32 Å². The van der Waals surface area contributed by atoms with Crippen molar-refractivity contribution in [3.63, 3.8) is 0 Å². The Morgan fingerprint density at radius 2 is 1.71 bits per heavy atom. The second-order valence-corrected chi connectivity index (χ2v) is 6.54. The first-order valence-electron chi connectivity index (χ1n) is 5.15. The fraction of sp³-hybridized carbons (Fsp3) is 0.909. The maximum absolute atomic E-state index is 5.51. The molecule has 1 saturated heterocycles. The van der Waals surface area contributed by atoms with Crippen molar-refractivity contribution in [2.45, 2.75) is 53.1 Å². The molecule has 1 aliphatic heterocycles. The molecule has 1 N–H and O–H groups in total. The average Bonchev–Trinajstić information content (AvgIpc) is 2.27. The molecule has 0 aromatic rings. The van der Waals surface area contributed by atoms with Gasteiger partial charge < -0.3 is 0 Å². The second-order valence-electron chi connectivity index (χ2n) is 6.10. The molecule has 0 aliphatic carbocycles. The predicted molar refractivity (Wildman–Crippen MR) is 57.8 cm³/mol. The first-order chi connectivity index (χ1) is 6.12. The van der Waals surface area contributed by atoms with Crippen LogP contribution in [0, 0.1) is 5.41 Å². The standard InChI is InChI=1S/C11H22N2.Cu/c1-10(2,3)9-7-13(8-12-9)11(4,5)6;/h9,12H,7H2,1-6H3;. The van der Waals surface area contributed by atoms with Gasteiger partial charge in [0, 0.05) is 0 Å². The molecule has 0 spiro atoms. The summed E-state index contributed by atoms with van der Waals surface area (Å²) in [5.74, 6) is 0. The van der Waals surface area contributed by atoms with Crippen LogP contribution in [-0.4, -0.2) is 27.7 Å². The van der Waals surface area contributed by atoms with Gasteiger partial charge in [-0.05, 0) is 0 Å². The molecule has 1 atom stereocenters. The summed E-state index contributed by atoms with van der Waals surface area (Å²) in [5, 5.41) is 3.40. The molecule has 0 saturated carbocycles. The van der Waals surface area contributed by atoms with Crippen molar-refractivity contribution in [2.24, 2.45) is 5.41 Å². The Balaban J connectivity index is 2.75. The van der Waals surface area contributed by atoms with Gasteiger partial charge in [0.1, 0.15) is 0 Å². The second kappa shape index (κ2) is 3.71. The predicted octanol–water partition coefficient (Wildman–Crippen LogP) is 1.74. The number of nitrogens with zero attached hydrogens (tertiary/aromatic N) is 1. The van der Waals surface area contributed by atoms with E-state index < -0.39 is 0 Å². The van der Waals surface area contributed by atoms with E-state index in [-0.39, 0.29) is 11.0 Å². The SMILES string of the molecule is CC(C)(C)C1CN(C(C)(C)C)[C](=[Cu])N1. The topological polar surface area (TPSA) is 15.3 Å². The van der Waals surface area contributed by atoms with Gasteiger partial charge in [-0.3, -0.25) is 0 Å². The molecule has 14 heavy (non-hydrogen) atoms. The fourth-order valence-electron chi connectivity index (χ4n) is 1.54. The van der Waals surface area contributed by atoms with Gasteiger partial charge in [-0.2, -0.15) is 0 Å². The van der Waals surface area contributed by atoms with Crippen molar-refractivity contribution in [3.8, 4) is 0 Å². The van der Waals surface area contributed by atoms with E-state index in [0.717, 1.165) is 11.2 Å². The summed E-state index contributed by atoms with van der Waals surface area (Å²) >= 11 is 5.51. The summed E-state index contributed by atoms with van der Waals surface area (Å²) in [6.45, 7) is 14.3. The maximum atomic E-state index is 5.51. The first kappa shape index (κ1) is 12.4. The fourth-order valence-corrected chi connectivity index (χ4v) is 2.11. The summed E-state index contributed by atoms with van der Waals surface area (Å²) < 4.78 is 0.880. The number of hydrogen-bond acceptors (Lipinski definition) is 2. The molecule has 1 aliphatic rings. The molecule has 1 rings (SSSR count). The molecule has 0 aromatic carbocycles. The van der Waals surface area contributed by atoms with Crippen molar-refractivity contribution in [2.75, 3.05) is 6.54 Å². The molecule has 2 nitrogen and oxygen atoms in total. The average molecular weight is 246 g/mol. The van der Waals surface area contributed by atoms with Crippen LogP contribution in [0.1, 0.15) is 41.5 Å². The Hall–Kier alpha value is 0.309. The molecule has 1 fully saturated rings. The monoisotopic (exact) mass is 245 g/mol. The molecule has 1 unspecified atom stereocenters. The molecular weight excluding hydrogens is 224 g/mol. The molecule has 0 radical (unpaired) electrons. The van der Waals surface area contributed by atoms with Crippen LogP contribution in [0.15, 0.2) is 0 Å². The van der Waals surface area contributed by atoms with Gasteiger partial charge in [0.25, 0.3) is 0 Å². The zero-order valence-electron chi connectivity index (χ0n) is 10.0. The van der Waals surface area contributed by atoms with E-state index in [0.29, 0.717) is 6.04 Å². The van der Waals surface area contributed by atoms with Crippen LogP contribution in [0.2, 0.25) is 0 Å². The van der Waals surface area contributed by atoms with E-state index in [2.05, 4.69) is 51.8 Å². The van der Waals surface area contributed by atoms with Crippen LogP contribution in [-0.2, 0) is 15.6 Å². The van der Waals surface area contributed by atoms with Crippen molar-refractivity contribution in [1.29, 1.82) is 0 Å². The van der Waals surface area contributed by atoms with Gasteiger partial charge in [0.05, 0.1) is 0 Å². The Bertz CT molecular complexity index is 235. The van der Waals surface area contributed by atoms with Gasteiger partial charge >= 0.3 is 95.5 Å². The van der Waals surface area contributed by atoms with E-state index in [4.69, 9.17) is 15.6 Å². The van der Waals surface area contributed by atoms with E-state index in [1.165, 1.54) is 0 Å². The first-order valence-corrected chi connectivity index (χ1v) is 5.62. The van der Waals surface area contributed by atoms with Crippen molar-refractivity contribution < 1.29 is 15.6 Å². The quantitative estimate of drug-likeness (QED) is 0.655. The Kier molecular flexibility index (Phi) is 3.28. The summed E-state index contributed by atoms with van der Waals surface area (Å²) in [6, 6.07) is 0.462. The van der Waals surface area contributed by atoms with Gasteiger partial charge in [-0.15, -0.1) is 0 Å². The van der Waals surface area contributed by atoms with Crippen molar-refractivity contribution in [1.82, 2.24) is 10.2 Å². The van der Waals surface area contributed by atoms with E-state index in [9.17, 15) is 0 Å². The van der Waals surface area contributed by atoms with Gasteiger partial charge in [-0.25, -0.2) is 0 Å². The normalized spacial score (nSPS) is 26.0. The zero-order valence-corrected chi connectivity index (χ0v) is 11.0. The minimum absolute atomic E-state index is 0.124. The molecule has 0 amide bonds. The third kappa shape index (κ3) is 2.66. The summed E-state index contributed by atoms with van der Waals surface area (Å²) in [6.07, 6.45) is 0. The van der Waals surface area contributed by atoms with Gasteiger partial charge in [0.2, 0.25) is 0 Å². The van der Waals surface area contributed by atoms with Crippen LogP contribution >= 0.6 is 0 Å². The van der Waals surface area contributed by atoms with Crippen molar-refractivity contribution in [3.05, 3.63) is 0 Å². The van der Waals surface area contributed by atoms with Crippen LogP contribution in [0.5, 0.6) is 0 Å². The summed E-state index contributed by atoms with van der Waals surface area (Å²) in [5.41, 5.74) is 0.388. The molecule has 1 heterocycles. The molecule has 0 bridgehead atoms. The van der Waals surface area contributed by atoms with Crippen LogP contribution in [0.4, 0.5) is 0 Å². The van der Waals surface area contributed by atoms with Crippen LogP contribution in [0.25, 0.3) is 0 Å².